The molecule has 266 valence electrons. The minimum Gasteiger partial charge on any atom is -0.461 e. The normalized spacial score (nSPS) is 22.0. The van der Waals surface area contributed by atoms with Gasteiger partial charge in [0.25, 0.3) is 0 Å². The second-order valence-corrected chi connectivity index (χ2v) is 14.2. The van der Waals surface area contributed by atoms with E-state index in [1.807, 2.05) is 11.0 Å². The van der Waals surface area contributed by atoms with Crippen molar-refractivity contribution in [3.8, 4) is 29.3 Å². The third-order valence-electron chi connectivity index (χ3n) is 10.3. The molecule has 3 saturated heterocycles. The number of nitrogens with two attached hydrogens (primary N) is 1. The number of anilines is 2. The minimum absolute atomic E-state index is 0.0463. The second kappa shape index (κ2) is 12.7. The number of likely N-dealkylation sites (tertiary alicyclic amines) is 1. The summed E-state index contributed by atoms with van der Waals surface area (Å²) in [6.45, 7) is 1.27. The van der Waals surface area contributed by atoms with Crippen molar-refractivity contribution in [2.75, 3.05) is 50.5 Å². The molecular formula is C34H30F6N8O2S. The lowest BCUT2D eigenvalue weighted by Crippen LogP contribution is -2.43. The highest BCUT2D eigenvalue weighted by atomic mass is 32.1. The number of carbonyl (C=O) groups is 1. The average molecular weight is 729 g/mol. The predicted octanol–water partition coefficient (Wildman–Crippen LogP) is 6.17. The van der Waals surface area contributed by atoms with Crippen molar-refractivity contribution in [1.82, 2.24) is 19.8 Å². The largest absolute Gasteiger partial charge is 0.461 e. The maximum atomic E-state index is 17.1. The van der Waals surface area contributed by atoms with E-state index in [1.165, 1.54) is 9.80 Å². The highest BCUT2D eigenvalue weighted by molar-refractivity contribution is 7.23. The maximum absolute atomic E-state index is 17.1. The van der Waals surface area contributed by atoms with Crippen LogP contribution in [0.3, 0.4) is 0 Å². The molecule has 3 atom stereocenters. The Morgan fingerprint density at radius 1 is 1.22 bits per heavy atom. The summed E-state index contributed by atoms with van der Waals surface area (Å²) in [5, 5.41) is 18.1. The molecule has 0 aliphatic carbocycles. The number of nitrogens with zero attached hydrogens (tertiary/aromatic N) is 7. The fourth-order valence-electron chi connectivity index (χ4n) is 7.80. The molecule has 3 aliphatic heterocycles. The molecule has 2 N–H and O–H groups in total. The highest BCUT2D eigenvalue weighted by Crippen LogP contribution is 2.48. The first-order valence-electron chi connectivity index (χ1n) is 16.2. The van der Waals surface area contributed by atoms with E-state index in [4.69, 9.17) is 15.7 Å². The van der Waals surface area contributed by atoms with Gasteiger partial charge in [-0.05, 0) is 43.5 Å². The number of hydrogen-bond acceptors (Lipinski definition) is 10. The summed E-state index contributed by atoms with van der Waals surface area (Å²) in [6, 6.07) is 5.36. The van der Waals surface area contributed by atoms with E-state index < -0.39 is 63.7 Å². The number of benzene rings is 2. The fourth-order valence-corrected chi connectivity index (χ4v) is 8.75. The lowest BCUT2D eigenvalue weighted by atomic mass is 9.92. The van der Waals surface area contributed by atoms with Crippen LogP contribution in [-0.4, -0.2) is 83.3 Å². The van der Waals surface area contributed by atoms with Crippen molar-refractivity contribution < 1.29 is 35.9 Å². The topological polar surface area (TPSA) is 135 Å². The SMILES string of the molecule is CN(c1nc(OC[C@@]23CCCN2C[C@H](F)C3)nc2c(F)c(-c3ccc(F)c4sc(N)c(C#N)c34)c(C(F)(F)F)cc12)[C@@H]1CCN(C(=O)CC#N)C1. The molecule has 0 bridgehead atoms. The zero-order valence-electron chi connectivity index (χ0n) is 27.2. The average Bonchev–Trinajstić information content (AvgIpc) is 3.86. The Hall–Kier alpha value is -4.87. The molecule has 2 aromatic heterocycles. The molecule has 51 heavy (non-hydrogen) atoms. The number of nitrogen functional groups attached to an aromatic ring is 1. The smallest absolute Gasteiger partial charge is 0.417 e. The predicted molar refractivity (Wildman–Crippen MR) is 177 cm³/mol. The molecule has 3 fully saturated rings. The number of aromatic nitrogens is 2. The van der Waals surface area contributed by atoms with E-state index in [1.54, 1.807) is 13.1 Å². The van der Waals surface area contributed by atoms with E-state index in [2.05, 4.69) is 9.97 Å². The van der Waals surface area contributed by atoms with Crippen LogP contribution in [0.25, 0.3) is 32.1 Å². The van der Waals surface area contributed by atoms with Crippen LogP contribution in [0.15, 0.2) is 18.2 Å². The number of alkyl halides is 4. The van der Waals surface area contributed by atoms with E-state index in [9.17, 15) is 32.0 Å². The van der Waals surface area contributed by atoms with Gasteiger partial charge in [-0.15, -0.1) is 11.3 Å². The Bertz CT molecular complexity index is 2160. The highest BCUT2D eigenvalue weighted by Gasteiger charge is 2.49. The van der Waals surface area contributed by atoms with Gasteiger partial charge < -0.3 is 20.3 Å². The number of hydrogen-bond donors (Lipinski definition) is 1. The molecule has 3 aliphatic rings. The van der Waals surface area contributed by atoms with Gasteiger partial charge in [-0.2, -0.15) is 33.7 Å². The Kier molecular flexibility index (Phi) is 8.62. The van der Waals surface area contributed by atoms with Crippen LogP contribution in [0.1, 0.15) is 43.2 Å². The molecule has 0 spiro atoms. The Morgan fingerprint density at radius 2 is 2.00 bits per heavy atom. The summed E-state index contributed by atoms with van der Waals surface area (Å²) in [7, 11) is 1.55. The molecular weight excluding hydrogens is 698 g/mol. The zero-order valence-corrected chi connectivity index (χ0v) is 28.0. The summed E-state index contributed by atoms with van der Waals surface area (Å²) < 4.78 is 97.3. The van der Waals surface area contributed by atoms with Crippen molar-refractivity contribution in [1.29, 1.82) is 10.5 Å². The second-order valence-electron chi connectivity index (χ2n) is 13.2. The molecule has 2 aromatic carbocycles. The molecule has 0 radical (unpaired) electrons. The summed E-state index contributed by atoms with van der Waals surface area (Å²) >= 11 is 0.663. The van der Waals surface area contributed by atoms with Gasteiger partial charge in [0.15, 0.2) is 5.82 Å². The Balaban J connectivity index is 1.42. The number of rotatable bonds is 7. The van der Waals surface area contributed by atoms with Crippen molar-refractivity contribution in [3.05, 3.63) is 41.0 Å². The maximum Gasteiger partial charge on any atom is 0.417 e. The van der Waals surface area contributed by atoms with Gasteiger partial charge >= 0.3 is 12.2 Å². The van der Waals surface area contributed by atoms with Gasteiger partial charge in [0.05, 0.1) is 27.4 Å². The van der Waals surface area contributed by atoms with Gasteiger partial charge in [0, 0.05) is 55.5 Å². The van der Waals surface area contributed by atoms with Crippen LogP contribution in [0.4, 0.5) is 37.2 Å². The number of nitriles is 2. The molecule has 4 aromatic rings. The number of thiophene rings is 1. The number of amides is 1. The third-order valence-corrected chi connectivity index (χ3v) is 11.3. The molecule has 17 heteroatoms. The minimum atomic E-state index is -5.14. The monoisotopic (exact) mass is 728 g/mol. The summed E-state index contributed by atoms with van der Waals surface area (Å²) in [5.41, 5.74) is 1.70. The van der Waals surface area contributed by atoms with Gasteiger partial charge in [-0.25, -0.2) is 13.2 Å². The van der Waals surface area contributed by atoms with Crippen LogP contribution in [-0.2, 0) is 11.0 Å². The lowest BCUT2D eigenvalue weighted by Gasteiger charge is -2.31. The Labute approximate surface area is 291 Å². The van der Waals surface area contributed by atoms with Gasteiger partial charge in [0.1, 0.15) is 47.4 Å². The van der Waals surface area contributed by atoms with Crippen LogP contribution in [0, 0.1) is 34.3 Å². The van der Waals surface area contributed by atoms with Crippen molar-refractivity contribution in [2.24, 2.45) is 0 Å². The first-order chi connectivity index (χ1) is 24.3. The molecule has 0 saturated carbocycles. The number of carbonyl (C=O) groups excluding carboxylic acids is 1. The summed E-state index contributed by atoms with van der Waals surface area (Å²) in [6.07, 6.45) is -4.51. The first-order valence-corrected chi connectivity index (χ1v) is 17.0. The summed E-state index contributed by atoms with van der Waals surface area (Å²) in [5.74, 6) is -2.77. The quantitative estimate of drug-likeness (QED) is 0.222. The standard InChI is InChI=1S/C34H30F6N8O2S/c1-46(18-6-10-47(15-18)24(49)5-8-41)31-20-11-22(34(38,39)40)26(19-3-4-23(36)29-25(19)21(13-42)30(43)51-29)27(37)28(20)44-32(45-31)50-16-33-7-2-9-48(33)14-17(35)12-33/h3-4,11,17-18H,2,5-7,9-10,12,14-16,43H2,1H3/t17-,18-,33+/m1/s1. The number of fused-ring (bicyclic) bond motifs is 3. The molecule has 5 heterocycles. The zero-order chi connectivity index (χ0) is 36.4. The van der Waals surface area contributed by atoms with Crippen molar-refractivity contribution in [2.45, 2.75) is 56.0 Å². The summed E-state index contributed by atoms with van der Waals surface area (Å²) in [4.78, 5) is 26.2. The molecule has 10 nitrogen and oxygen atoms in total. The van der Waals surface area contributed by atoms with E-state index in [-0.39, 0.29) is 76.9 Å². The first kappa shape index (κ1) is 34.6. The third kappa shape index (κ3) is 5.82. The van der Waals surface area contributed by atoms with Gasteiger partial charge in [-0.3, -0.25) is 9.69 Å². The number of likely N-dealkylation sites (N-methyl/N-ethyl adjacent to an activating group) is 1. The van der Waals surface area contributed by atoms with E-state index in [0.717, 1.165) is 24.6 Å². The van der Waals surface area contributed by atoms with Gasteiger partial charge in [-0.1, -0.05) is 6.07 Å². The van der Waals surface area contributed by atoms with Crippen molar-refractivity contribution in [3.63, 3.8) is 0 Å². The lowest BCUT2D eigenvalue weighted by molar-refractivity contribution is -0.137. The van der Waals surface area contributed by atoms with Crippen LogP contribution >= 0.6 is 11.3 Å². The Morgan fingerprint density at radius 3 is 2.73 bits per heavy atom. The van der Waals surface area contributed by atoms with Crippen LogP contribution < -0.4 is 15.4 Å². The molecule has 1 amide bonds. The van der Waals surface area contributed by atoms with Gasteiger partial charge in [0.2, 0.25) is 5.91 Å². The van der Waals surface area contributed by atoms with Crippen molar-refractivity contribution >= 4 is 49.1 Å². The molecule has 0 unspecified atom stereocenters. The van der Waals surface area contributed by atoms with Crippen LogP contribution in [0.2, 0.25) is 0 Å². The molecule has 7 rings (SSSR count). The van der Waals surface area contributed by atoms with E-state index in [0.29, 0.717) is 30.7 Å². The fraction of sp³-hybridized carbons (Fsp3) is 0.441. The van der Waals surface area contributed by atoms with E-state index >= 15 is 4.39 Å². The number of halogens is 6. The van der Waals surface area contributed by atoms with Crippen LogP contribution in [0.5, 0.6) is 6.01 Å². The number of ether oxygens (including phenoxy) is 1.